The number of benzene rings is 1. The fourth-order valence-corrected chi connectivity index (χ4v) is 3.27. The van der Waals surface area contributed by atoms with Crippen LogP contribution < -0.4 is 10.1 Å². The molecule has 0 bridgehead atoms. The highest BCUT2D eigenvalue weighted by molar-refractivity contribution is 5.92. The minimum atomic E-state index is -0.152. The molecule has 1 heterocycles. The van der Waals surface area contributed by atoms with Crippen LogP contribution in [-0.2, 0) is 6.42 Å². The van der Waals surface area contributed by atoms with E-state index < -0.39 is 0 Å². The summed E-state index contributed by atoms with van der Waals surface area (Å²) in [4.78, 5) is 14.9. The first-order chi connectivity index (χ1) is 13.0. The second-order valence-electron chi connectivity index (χ2n) is 7.10. The van der Waals surface area contributed by atoms with Gasteiger partial charge in [0.15, 0.2) is 0 Å². The number of rotatable bonds is 10. The van der Waals surface area contributed by atoms with Crippen LogP contribution in [0, 0.1) is 5.92 Å². The van der Waals surface area contributed by atoms with E-state index in [1.54, 1.807) is 7.11 Å². The number of nitrogens with one attached hydrogen (secondary N) is 2. The molecule has 2 N–H and O–H groups in total. The molecule has 0 saturated carbocycles. The number of carbonyl (C=O) groups is 1. The van der Waals surface area contributed by atoms with Crippen LogP contribution in [0.25, 0.3) is 0 Å². The van der Waals surface area contributed by atoms with Gasteiger partial charge >= 0.3 is 0 Å². The summed E-state index contributed by atoms with van der Waals surface area (Å²) in [5.74, 6) is 1.18. The van der Waals surface area contributed by atoms with Crippen molar-refractivity contribution < 1.29 is 9.53 Å². The van der Waals surface area contributed by atoms with Gasteiger partial charge in [-0.25, -0.2) is 0 Å². The quantitative estimate of drug-likeness (QED) is 0.670. The van der Waals surface area contributed by atoms with E-state index in [1.807, 2.05) is 24.3 Å². The number of nitrogens with zero attached hydrogens (tertiary/aromatic N) is 2. The molecular formula is C21H32N4O2. The van der Waals surface area contributed by atoms with Crippen molar-refractivity contribution in [2.24, 2.45) is 5.92 Å². The zero-order valence-electron chi connectivity index (χ0n) is 17.1. The van der Waals surface area contributed by atoms with Crippen LogP contribution >= 0.6 is 0 Å². The smallest absolute Gasteiger partial charge is 0.271 e. The van der Waals surface area contributed by atoms with Gasteiger partial charge in [0, 0.05) is 12.2 Å². The Balaban J connectivity index is 2.10. The van der Waals surface area contributed by atoms with Crippen molar-refractivity contribution in [2.45, 2.75) is 40.2 Å². The number of methoxy groups -OCH3 is 1. The predicted octanol–water partition coefficient (Wildman–Crippen LogP) is 3.43. The molecule has 0 radical (unpaired) electrons. The molecule has 2 aromatic rings. The first-order valence-electron chi connectivity index (χ1n) is 9.68. The zero-order chi connectivity index (χ0) is 19.8. The first kappa shape index (κ1) is 21.0. The van der Waals surface area contributed by atoms with Crippen molar-refractivity contribution in [3.05, 3.63) is 47.3 Å². The van der Waals surface area contributed by atoms with Gasteiger partial charge in [0.05, 0.1) is 13.2 Å². The second kappa shape index (κ2) is 10.1. The largest absolute Gasteiger partial charge is 0.497 e. The van der Waals surface area contributed by atoms with Crippen molar-refractivity contribution in [2.75, 3.05) is 26.7 Å². The molecule has 6 nitrogen and oxygen atoms in total. The minimum Gasteiger partial charge on any atom is -0.497 e. The van der Waals surface area contributed by atoms with Crippen LogP contribution in [0.15, 0.2) is 30.3 Å². The highest BCUT2D eigenvalue weighted by Gasteiger charge is 2.20. The zero-order valence-corrected chi connectivity index (χ0v) is 17.1. The lowest BCUT2D eigenvalue weighted by Crippen LogP contribution is -2.38. The number of aromatic nitrogens is 2. The Morgan fingerprint density at radius 3 is 2.63 bits per heavy atom. The molecule has 1 aromatic heterocycles. The summed E-state index contributed by atoms with van der Waals surface area (Å²) in [6.45, 7) is 10.9. The van der Waals surface area contributed by atoms with Gasteiger partial charge in [-0.2, -0.15) is 5.10 Å². The third-order valence-electron chi connectivity index (χ3n) is 4.68. The maximum Gasteiger partial charge on any atom is 0.271 e. The predicted molar refractivity (Wildman–Crippen MR) is 108 cm³/mol. The van der Waals surface area contributed by atoms with Gasteiger partial charge in [-0.3, -0.25) is 14.8 Å². The summed E-state index contributed by atoms with van der Waals surface area (Å²) in [5.41, 5.74) is 2.55. The average Bonchev–Trinajstić information content (AvgIpc) is 3.12. The van der Waals surface area contributed by atoms with E-state index in [9.17, 15) is 4.79 Å². The van der Waals surface area contributed by atoms with Crippen LogP contribution in [-0.4, -0.2) is 47.7 Å². The summed E-state index contributed by atoms with van der Waals surface area (Å²) >= 11 is 0. The van der Waals surface area contributed by atoms with Gasteiger partial charge in [0.1, 0.15) is 11.4 Å². The molecule has 1 amide bonds. The van der Waals surface area contributed by atoms with Crippen molar-refractivity contribution in [1.82, 2.24) is 20.4 Å². The lowest BCUT2D eigenvalue weighted by atomic mass is 10.0. The average molecular weight is 373 g/mol. The molecule has 1 unspecified atom stereocenters. The Morgan fingerprint density at radius 1 is 1.26 bits per heavy atom. The van der Waals surface area contributed by atoms with Gasteiger partial charge in [-0.15, -0.1) is 0 Å². The molecule has 1 aromatic carbocycles. The van der Waals surface area contributed by atoms with Crippen molar-refractivity contribution in [3.8, 4) is 5.75 Å². The molecule has 0 aliphatic rings. The summed E-state index contributed by atoms with van der Waals surface area (Å²) < 4.78 is 5.36. The molecule has 27 heavy (non-hydrogen) atoms. The monoisotopic (exact) mass is 372 g/mol. The topological polar surface area (TPSA) is 70.2 Å². The Morgan fingerprint density at radius 2 is 2.00 bits per heavy atom. The number of ether oxygens (including phenoxy) is 1. The number of amides is 1. The maximum atomic E-state index is 12.6. The molecule has 1 atom stereocenters. The number of aromatic amines is 1. The number of hydrogen-bond acceptors (Lipinski definition) is 4. The number of hydrogen-bond donors (Lipinski definition) is 2. The third-order valence-corrected chi connectivity index (χ3v) is 4.68. The second-order valence-corrected chi connectivity index (χ2v) is 7.10. The molecule has 0 spiro atoms. The highest BCUT2D eigenvalue weighted by atomic mass is 16.5. The van der Waals surface area contributed by atoms with E-state index >= 15 is 0 Å². The van der Waals surface area contributed by atoms with E-state index in [-0.39, 0.29) is 11.9 Å². The van der Waals surface area contributed by atoms with Gasteiger partial charge in [-0.1, -0.05) is 39.8 Å². The van der Waals surface area contributed by atoms with Gasteiger partial charge < -0.3 is 10.1 Å². The minimum absolute atomic E-state index is 0.0770. The SMILES string of the molecule is CCN(CC)C(CNC(=O)c1cc(CC(C)C)[nH]n1)c1cccc(OC)c1. The molecule has 0 fully saturated rings. The Bertz CT molecular complexity index is 722. The number of H-pyrrole nitrogens is 1. The molecule has 0 aliphatic heterocycles. The van der Waals surface area contributed by atoms with Crippen LogP contribution in [0.4, 0.5) is 0 Å². The van der Waals surface area contributed by atoms with Crippen molar-refractivity contribution in [3.63, 3.8) is 0 Å². The summed E-state index contributed by atoms with van der Waals surface area (Å²) in [6.07, 6.45) is 0.881. The highest BCUT2D eigenvalue weighted by Crippen LogP contribution is 2.24. The van der Waals surface area contributed by atoms with Crippen molar-refractivity contribution in [1.29, 1.82) is 0 Å². The normalized spacial score (nSPS) is 12.4. The van der Waals surface area contributed by atoms with Crippen LogP contribution in [0.5, 0.6) is 5.75 Å². The summed E-state index contributed by atoms with van der Waals surface area (Å²) in [7, 11) is 1.67. The Kier molecular flexibility index (Phi) is 7.85. The van der Waals surface area contributed by atoms with E-state index in [1.165, 1.54) is 0 Å². The molecule has 148 valence electrons. The lowest BCUT2D eigenvalue weighted by molar-refractivity contribution is 0.0930. The lowest BCUT2D eigenvalue weighted by Gasteiger charge is -2.30. The van der Waals surface area contributed by atoms with E-state index in [0.29, 0.717) is 18.2 Å². The maximum absolute atomic E-state index is 12.6. The molecule has 0 aliphatic carbocycles. The van der Waals surface area contributed by atoms with E-state index in [2.05, 4.69) is 54.2 Å². The number of likely N-dealkylation sites (N-methyl/N-ethyl adjacent to an activating group) is 1. The standard InChI is InChI=1S/C21H32N4O2/c1-6-25(7-2)20(16-9-8-10-18(12-16)27-5)14-22-21(26)19-13-17(23-24-19)11-15(3)4/h8-10,12-13,15,20H,6-7,11,14H2,1-5H3,(H,22,26)(H,23,24). The van der Waals surface area contributed by atoms with Gasteiger partial charge in [-0.05, 0) is 49.2 Å². The summed E-state index contributed by atoms with van der Waals surface area (Å²) in [5, 5.41) is 10.2. The van der Waals surface area contributed by atoms with Gasteiger partial charge in [0.2, 0.25) is 0 Å². The van der Waals surface area contributed by atoms with E-state index in [4.69, 9.17) is 4.74 Å². The molecule has 6 heteroatoms. The molecule has 2 rings (SSSR count). The van der Waals surface area contributed by atoms with Gasteiger partial charge in [0.25, 0.3) is 5.91 Å². The first-order valence-corrected chi connectivity index (χ1v) is 9.68. The number of carbonyl (C=O) groups excluding carboxylic acids is 1. The fourth-order valence-electron chi connectivity index (χ4n) is 3.27. The Hall–Kier alpha value is -2.34. The van der Waals surface area contributed by atoms with Crippen molar-refractivity contribution >= 4 is 5.91 Å². The third kappa shape index (κ3) is 5.82. The van der Waals surface area contributed by atoms with Crippen LogP contribution in [0.1, 0.15) is 55.5 Å². The summed E-state index contributed by atoms with van der Waals surface area (Å²) in [6, 6.07) is 9.94. The van der Waals surface area contributed by atoms with Crippen LogP contribution in [0.2, 0.25) is 0 Å². The fraction of sp³-hybridized carbons (Fsp3) is 0.524. The van der Waals surface area contributed by atoms with E-state index in [0.717, 1.165) is 36.5 Å². The van der Waals surface area contributed by atoms with Crippen LogP contribution in [0.3, 0.4) is 0 Å². The molecular weight excluding hydrogens is 340 g/mol. The molecule has 0 saturated heterocycles. The Labute approximate surface area is 162 Å².